The van der Waals surface area contributed by atoms with E-state index in [4.69, 9.17) is 16.0 Å². The molecular formula is C14H9ClN2O3. The van der Waals surface area contributed by atoms with Gasteiger partial charge in [0.05, 0.1) is 11.8 Å². The zero-order valence-electron chi connectivity index (χ0n) is 10.1. The zero-order valence-corrected chi connectivity index (χ0v) is 10.9. The highest BCUT2D eigenvalue weighted by molar-refractivity contribution is 6.30. The van der Waals surface area contributed by atoms with Crippen molar-refractivity contribution in [2.45, 2.75) is 0 Å². The van der Waals surface area contributed by atoms with E-state index >= 15 is 0 Å². The minimum atomic E-state index is -0.448. The number of rotatable bonds is 2. The molecule has 0 aliphatic heterocycles. The molecule has 0 bridgehead atoms. The van der Waals surface area contributed by atoms with E-state index in [0.29, 0.717) is 16.1 Å². The maximum Gasteiger partial charge on any atom is 0.262 e. The maximum absolute atomic E-state index is 12.1. The molecule has 0 aliphatic carbocycles. The van der Waals surface area contributed by atoms with Gasteiger partial charge in [-0.2, -0.15) is 4.98 Å². The molecule has 100 valence electrons. The molecule has 0 saturated heterocycles. The van der Waals surface area contributed by atoms with E-state index < -0.39 is 5.56 Å². The van der Waals surface area contributed by atoms with Crippen molar-refractivity contribution in [2.24, 2.45) is 0 Å². The van der Waals surface area contributed by atoms with Gasteiger partial charge in [0, 0.05) is 5.02 Å². The Morgan fingerprint density at radius 2 is 2.10 bits per heavy atom. The summed E-state index contributed by atoms with van der Waals surface area (Å²) in [7, 11) is 0. The SMILES string of the molecule is O=c1[nH]c(-c2ccoc2)nc(O)c1-c1cccc(Cl)c1. The number of nitrogens with one attached hydrogen (secondary N) is 1. The largest absolute Gasteiger partial charge is 0.493 e. The van der Waals surface area contributed by atoms with Crippen molar-refractivity contribution >= 4 is 11.6 Å². The van der Waals surface area contributed by atoms with Gasteiger partial charge in [-0.05, 0) is 23.8 Å². The number of aromatic hydroxyl groups is 1. The fourth-order valence-electron chi connectivity index (χ4n) is 1.90. The van der Waals surface area contributed by atoms with Crippen LogP contribution in [-0.4, -0.2) is 15.1 Å². The van der Waals surface area contributed by atoms with E-state index in [1.54, 1.807) is 30.3 Å². The van der Waals surface area contributed by atoms with Crippen molar-refractivity contribution in [3.63, 3.8) is 0 Å². The van der Waals surface area contributed by atoms with Gasteiger partial charge in [0.2, 0.25) is 5.88 Å². The fourth-order valence-corrected chi connectivity index (χ4v) is 2.09. The number of halogens is 1. The third kappa shape index (κ3) is 2.19. The lowest BCUT2D eigenvalue weighted by molar-refractivity contribution is 0.454. The predicted octanol–water partition coefficient (Wildman–Crippen LogP) is 3.06. The fraction of sp³-hybridized carbons (Fsp3) is 0. The van der Waals surface area contributed by atoms with Crippen LogP contribution in [-0.2, 0) is 0 Å². The first-order valence-corrected chi connectivity index (χ1v) is 6.15. The number of hydrogen-bond acceptors (Lipinski definition) is 4. The molecule has 0 saturated carbocycles. The number of H-pyrrole nitrogens is 1. The number of nitrogens with zero attached hydrogens (tertiary/aromatic N) is 1. The summed E-state index contributed by atoms with van der Waals surface area (Å²) in [6, 6.07) is 8.28. The van der Waals surface area contributed by atoms with Crippen molar-refractivity contribution in [2.75, 3.05) is 0 Å². The molecule has 2 heterocycles. The minimum Gasteiger partial charge on any atom is -0.493 e. The van der Waals surface area contributed by atoms with Crippen LogP contribution in [0.5, 0.6) is 5.88 Å². The maximum atomic E-state index is 12.1. The average molecular weight is 289 g/mol. The van der Waals surface area contributed by atoms with Crippen LogP contribution in [0.3, 0.4) is 0 Å². The molecule has 3 rings (SSSR count). The molecule has 0 radical (unpaired) electrons. The smallest absolute Gasteiger partial charge is 0.262 e. The van der Waals surface area contributed by atoms with Gasteiger partial charge < -0.3 is 14.5 Å². The van der Waals surface area contributed by atoms with E-state index in [-0.39, 0.29) is 17.3 Å². The summed E-state index contributed by atoms with van der Waals surface area (Å²) >= 11 is 5.89. The molecule has 1 aromatic carbocycles. The van der Waals surface area contributed by atoms with E-state index in [2.05, 4.69) is 9.97 Å². The molecule has 0 atom stereocenters. The quantitative estimate of drug-likeness (QED) is 0.759. The minimum absolute atomic E-state index is 0.0831. The number of furan rings is 1. The Morgan fingerprint density at radius 1 is 1.25 bits per heavy atom. The van der Waals surface area contributed by atoms with Crippen LogP contribution in [0.25, 0.3) is 22.5 Å². The van der Waals surface area contributed by atoms with Crippen LogP contribution in [0.2, 0.25) is 5.02 Å². The Balaban J connectivity index is 2.17. The van der Waals surface area contributed by atoms with Crippen LogP contribution < -0.4 is 5.56 Å². The third-order valence-electron chi connectivity index (χ3n) is 2.81. The highest BCUT2D eigenvalue weighted by Gasteiger charge is 2.14. The highest BCUT2D eigenvalue weighted by atomic mass is 35.5. The molecule has 0 aliphatic rings. The molecule has 0 fully saturated rings. The van der Waals surface area contributed by atoms with Crippen molar-refractivity contribution in [1.29, 1.82) is 0 Å². The molecule has 2 N–H and O–H groups in total. The van der Waals surface area contributed by atoms with Gasteiger partial charge in [0.25, 0.3) is 5.56 Å². The topological polar surface area (TPSA) is 79.1 Å². The average Bonchev–Trinajstić information content (AvgIpc) is 2.91. The lowest BCUT2D eigenvalue weighted by Gasteiger charge is -2.05. The predicted molar refractivity (Wildman–Crippen MR) is 74.7 cm³/mol. The molecule has 2 aromatic heterocycles. The van der Waals surface area contributed by atoms with Gasteiger partial charge in [-0.1, -0.05) is 23.7 Å². The second-order valence-corrected chi connectivity index (χ2v) is 4.57. The van der Waals surface area contributed by atoms with Crippen LogP contribution in [0, 0.1) is 0 Å². The van der Waals surface area contributed by atoms with E-state index in [0.717, 1.165) is 0 Å². The molecule has 0 unspecified atom stereocenters. The van der Waals surface area contributed by atoms with Crippen LogP contribution in [0.4, 0.5) is 0 Å². The summed E-state index contributed by atoms with van der Waals surface area (Å²) in [6.07, 6.45) is 2.88. The Hall–Kier alpha value is -2.53. The standard InChI is InChI=1S/C14H9ClN2O3/c15-10-3-1-2-8(6-10)11-13(18)16-12(17-14(11)19)9-4-5-20-7-9/h1-7H,(H2,16,17,18,19). The number of benzene rings is 1. The van der Waals surface area contributed by atoms with Gasteiger partial charge in [-0.15, -0.1) is 0 Å². The van der Waals surface area contributed by atoms with Crippen molar-refractivity contribution in [1.82, 2.24) is 9.97 Å². The summed E-state index contributed by atoms with van der Waals surface area (Å²) in [6.45, 7) is 0. The van der Waals surface area contributed by atoms with E-state index in [1.807, 2.05) is 0 Å². The number of hydrogen-bond donors (Lipinski definition) is 2. The Kier molecular flexibility index (Phi) is 3.04. The number of aromatic amines is 1. The summed E-state index contributed by atoms with van der Waals surface area (Å²) in [5, 5.41) is 10.5. The molecule has 6 heteroatoms. The second-order valence-electron chi connectivity index (χ2n) is 4.14. The monoisotopic (exact) mass is 288 g/mol. The lowest BCUT2D eigenvalue weighted by atomic mass is 10.1. The molecule has 3 aromatic rings. The molecule has 0 spiro atoms. The van der Waals surface area contributed by atoms with Crippen molar-refractivity contribution in [3.8, 4) is 28.4 Å². The van der Waals surface area contributed by atoms with Gasteiger partial charge in [0.1, 0.15) is 17.7 Å². The molecular weight excluding hydrogens is 280 g/mol. The Morgan fingerprint density at radius 3 is 2.75 bits per heavy atom. The molecule has 5 nitrogen and oxygen atoms in total. The number of aromatic nitrogens is 2. The summed E-state index contributed by atoms with van der Waals surface area (Å²) in [5.74, 6) is -0.112. The zero-order chi connectivity index (χ0) is 14.1. The van der Waals surface area contributed by atoms with E-state index in [1.165, 1.54) is 12.5 Å². The van der Waals surface area contributed by atoms with Crippen molar-refractivity contribution in [3.05, 3.63) is 58.2 Å². The lowest BCUT2D eigenvalue weighted by Crippen LogP contribution is -2.11. The highest BCUT2D eigenvalue weighted by Crippen LogP contribution is 2.27. The molecule has 0 amide bonds. The normalized spacial score (nSPS) is 10.7. The van der Waals surface area contributed by atoms with Gasteiger partial charge >= 0.3 is 0 Å². The van der Waals surface area contributed by atoms with E-state index in [9.17, 15) is 9.90 Å². The summed E-state index contributed by atoms with van der Waals surface area (Å²) < 4.78 is 4.92. The summed E-state index contributed by atoms with van der Waals surface area (Å²) in [4.78, 5) is 18.7. The van der Waals surface area contributed by atoms with Crippen LogP contribution in [0.1, 0.15) is 0 Å². The Labute approximate surface area is 118 Å². The molecule has 20 heavy (non-hydrogen) atoms. The first-order valence-electron chi connectivity index (χ1n) is 5.77. The first-order chi connectivity index (χ1) is 9.65. The van der Waals surface area contributed by atoms with Crippen LogP contribution >= 0.6 is 11.6 Å². The Bertz CT molecular complexity index is 810. The van der Waals surface area contributed by atoms with Crippen LogP contribution in [0.15, 0.2) is 52.1 Å². The van der Waals surface area contributed by atoms with Gasteiger partial charge in [-0.3, -0.25) is 4.79 Å². The van der Waals surface area contributed by atoms with Gasteiger partial charge in [0.15, 0.2) is 0 Å². The third-order valence-corrected chi connectivity index (χ3v) is 3.04. The summed E-state index contributed by atoms with van der Waals surface area (Å²) in [5.41, 5.74) is 0.716. The second kappa shape index (κ2) is 4.86. The van der Waals surface area contributed by atoms with Crippen molar-refractivity contribution < 1.29 is 9.52 Å². The van der Waals surface area contributed by atoms with Gasteiger partial charge in [-0.25, -0.2) is 0 Å². The first kappa shape index (κ1) is 12.5.